The standard InChI is InChI=1S/C24H25BrN4O2/c1-17-14-20(29-12-10-28(2)11-13-29)7-8-22(17)27-24(30)18-6-9-23(26-16-18)31-21-5-3-4-19(25)15-21/h3-9,14-16H,10-13H2,1-2H3,(H,27,30). The third-order valence-corrected chi connectivity index (χ3v) is 5.84. The van der Waals surface area contributed by atoms with Gasteiger partial charge in [0.05, 0.1) is 5.56 Å². The second kappa shape index (κ2) is 9.49. The van der Waals surface area contributed by atoms with Gasteiger partial charge in [0.15, 0.2) is 0 Å². The predicted molar refractivity (Wildman–Crippen MR) is 127 cm³/mol. The van der Waals surface area contributed by atoms with Crippen molar-refractivity contribution >= 4 is 33.2 Å². The summed E-state index contributed by atoms with van der Waals surface area (Å²) in [5.41, 5.74) is 3.51. The minimum absolute atomic E-state index is 0.197. The van der Waals surface area contributed by atoms with Crippen molar-refractivity contribution in [2.24, 2.45) is 0 Å². The molecule has 160 valence electrons. The van der Waals surface area contributed by atoms with Crippen molar-refractivity contribution in [3.05, 3.63) is 76.4 Å². The average Bonchev–Trinajstić information content (AvgIpc) is 2.76. The predicted octanol–water partition coefficient (Wildman–Crippen LogP) is 4.95. The highest BCUT2D eigenvalue weighted by atomic mass is 79.9. The van der Waals surface area contributed by atoms with Crippen molar-refractivity contribution in [3.8, 4) is 11.6 Å². The van der Waals surface area contributed by atoms with Crippen molar-refractivity contribution in [3.63, 3.8) is 0 Å². The van der Waals surface area contributed by atoms with Gasteiger partial charge in [-0.25, -0.2) is 4.98 Å². The van der Waals surface area contributed by atoms with Gasteiger partial charge in [-0.15, -0.1) is 0 Å². The Hall–Kier alpha value is -2.90. The second-order valence-electron chi connectivity index (χ2n) is 7.69. The van der Waals surface area contributed by atoms with Gasteiger partial charge in [0.2, 0.25) is 5.88 Å². The number of hydrogen-bond acceptors (Lipinski definition) is 5. The number of hydrogen-bond donors (Lipinski definition) is 1. The fourth-order valence-electron chi connectivity index (χ4n) is 3.47. The van der Waals surface area contributed by atoms with E-state index in [1.165, 1.54) is 11.9 Å². The monoisotopic (exact) mass is 480 g/mol. The molecule has 1 saturated heterocycles. The fourth-order valence-corrected chi connectivity index (χ4v) is 3.85. The highest BCUT2D eigenvalue weighted by Crippen LogP contribution is 2.25. The number of ether oxygens (including phenoxy) is 1. The maximum Gasteiger partial charge on any atom is 0.257 e. The molecule has 7 heteroatoms. The van der Waals surface area contributed by atoms with Gasteiger partial charge in [-0.05, 0) is 62.0 Å². The molecule has 3 aromatic rings. The number of aromatic nitrogens is 1. The molecule has 1 amide bonds. The Bertz CT molecular complexity index is 1060. The van der Waals surface area contributed by atoms with E-state index in [-0.39, 0.29) is 5.91 Å². The number of carbonyl (C=O) groups is 1. The number of nitrogens with one attached hydrogen (secondary N) is 1. The molecule has 0 unspecified atom stereocenters. The first kappa shape index (κ1) is 21.3. The van der Waals surface area contributed by atoms with Gasteiger partial charge in [-0.2, -0.15) is 0 Å². The van der Waals surface area contributed by atoms with E-state index in [0.717, 1.165) is 41.9 Å². The Morgan fingerprint density at radius 3 is 2.55 bits per heavy atom. The number of piperazine rings is 1. The molecule has 0 spiro atoms. The SMILES string of the molecule is Cc1cc(N2CCN(C)CC2)ccc1NC(=O)c1ccc(Oc2cccc(Br)c2)nc1. The number of amides is 1. The van der Waals surface area contributed by atoms with Crippen LogP contribution in [0.1, 0.15) is 15.9 Å². The maximum absolute atomic E-state index is 12.7. The topological polar surface area (TPSA) is 57.7 Å². The van der Waals surface area contributed by atoms with E-state index in [1.54, 1.807) is 12.1 Å². The number of likely N-dealkylation sites (N-methyl/N-ethyl adjacent to an activating group) is 1. The molecule has 6 nitrogen and oxygen atoms in total. The molecular formula is C24H25BrN4O2. The number of carbonyl (C=O) groups excluding carboxylic acids is 1. The zero-order valence-corrected chi connectivity index (χ0v) is 19.2. The quantitative estimate of drug-likeness (QED) is 0.559. The number of anilines is 2. The molecule has 2 heterocycles. The summed E-state index contributed by atoms with van der Waals surface area (Å²) in [5, 5.41) is 2.99. The number of benzene rings is 2. The van der Waals surface area contributed by atoms with Crippen molar-refractivity contribution in [1.82, 2.24) is 9.88 Å². The Balaban J connectivity index is 1.39. The first-order valence-electron chi connectivity index (χ1n) is 10.2. The van der Waals surface area contributed by atoms with Crippen molar-refractivity contribution < 1.29 is 9.53 Å². The van der Waals surface area contributed by atoms with Crippen LogP contribution in [-0.4, -0.2) is 49.0 Å². The molecule has 2 aromatic carbocycles. The molecule has 0 saturated carbocycles. The molecule has 0 radical (unpaired) electrons. The lowest BCUT2D eigenvalue weighted by Crippen LogP contribution is -2.44. The van der Waals surface area contributed by atoms with E-state index in [0.29, 0.717) is 17.2 Å². The number of halogens is 1. The molecule has 0 atom stereocenters. The van der Waals surface area contributed by atoms with Crippen LogP contribution in [0, 0.1) is 6.92 Å². The lowest BCUT2D eigenvalue weighted by Gasteiger charge is -2.34. The van der Waals surface area contributed by atoms with Crippen LogP contribution in [0.25, 0.3) is 0 Å². The number of rotatable bonds is 5. The smallest absolute Gasteiger partial charge is 0.257 e. The molecule has 31 heavy (non-hydrogen) atoms. The van der Waals surface area contributed by atoms with E-state index in [1.807, 2.05) is 37.3 Å². The summed E-state index contributed by atoms with van der Waals surface area (Å²) in [4.78, 5) is 21.7. The second-order valence-corrected chi connectivity index (χ2v) is 8.60. The number of aryl methyl sites for hydroxylation is 1. The van der Waals surface area contributed by atoms with Gasteiger partial charge in [0.1, 0.15) is 5.75 Å². The normalized spacial score (nSPS) is 14.4. The lowest BCUT2D eigenvalue weighted by atomic mass is 10.1. The average molecular weight is 481 g/mol. The molecule has 4 rings (SSSR count). The van der Waals surface area contributed by atoms with Crippen LogP contribution < -0.4 is 15.0 Å². The third-order valence-electron chi connectivity index (χ3n) is 5.34. The molecule has 1 aliphatic rings. The molecule has 1 aromatic heterocycles. The van der Waals surface area contributed by atoms with Gasteiger partial charge >= 0.3 is 0 Å². The van der Waals surface area contributed by atoms with Crippen LogP contribution >= 0.6 is 15.9 Å². The highest BCUT2D eigenvalue weighted by molar-refractivity contribution is 9.10. The Labute approximate surface area is 191 Å². The van der Waals surface area contributed by atoms with Gasteiger partial charge in [-0.1, -0.05) is 22.0 Å². The first-order valence-corrected chi connectivity index (χ1v) is 11.0. The van der Waals surface area contributed by atoms with Crippen LogP contribution in [0.2, 0.25) is 0 Å². The van der Waals surface area contributed by atoms with Crippen LogP contribution in [0.5, 0.6) is 11.6 Å². The zero-order chi connectivity index (χ0) is 21.8. The Kier molecular flexibility index (Phi) is 6.53. The summed E-state index contributed by atoms with van der Waals surface area (Å²) in [7, 11) is 2.15. The molecule has 1 fully saturated rings. The highest BCUT2D eigenvalue weighted by Gasteiger charge is 2.16. The molecule has 1 aliphatic heterocycles. The van der Waals surface area contributed by atoms with Crippen molar-refractivity contribution in [1.29, 1.82) is 0 Å². The first-order chi connectivity index (χ1) is 15.0. The molecule has 0 bridgehead atoms. The minimum Gasteiger partial charge on any atom is -0.439 e. The van der Waals surface area contributed by atoms with Gasteiger partial charge in [0, 0.05) is 54.3 Å². The summed E-state index contributed by atoms with van der Waals surface area (Å²) in [6, 6.07) is 17.1. The summed E-state index contributed by atoms with van der Waals surface area (Å²) in [5.74, 6) is 0.912. The van der Waals surface area contributed by atoms with Crippen molar-refractivity contribution in [2.75, 3.05) is 43.4 Å². The van der Waals surface area contributed by atoms with E-state index in [9.17, 15) is 4.79 Å². The number of pyridine rings is 1. The summed E-state index contributed by atoms with van der Waals surface area (Å²) in [6.45, 7) is 6.17. The van der Waals surface area contributed by atoms with Crippen LogP contribution in [0.15, 0.2) is 65.3 Å². The third kappa shape index (κ3) is 5.42. The zero-order valence-electron chi connectivity index (χ0n) is 17.6. The van der Waals surface area contributed by atoms with Crippen molar-refractivity contribution in [2.45, 2.75) is 6.92 Å². The molecule has 1 N–H and O–H groups in total. The lowest BCUT2D eigenvalue weighted by molar-refractivity contribution is 0.102. The van der Waals surface area contributed by atoms with E-state index >= 15 is 0 Å². The molecular weight excluding hydrogens is 456 g/mol. The summed E-state index contributed by atoms with van der Waals surface area (Å²) >= 11 is 3.41. The Morgan fingerprint density at radius 2 is 1.87 bits per heavy atom. The maximum atomic E-state index is 12.7. The molecule has 0 aliphatic carbocycles. The van der Waals surface area contributed by atoms with Crippen LogP contribution in [0.4, 0.5) is 11.4 Å². The van der Waals surface area contributed by atoms with Crippen LogP contribution in [0.3, 0.4) is 0 Å². The summed E-state index contributed by atoms with van der Waals surface area (Å²) in [6.07, 6.45) is 1.52. The van der Waals surface area contributed by atoms with Gasteiger partial charge < -0.3 is 19.9 Å². The van der Waals surface area contributed by atoms with E-state index < -0.39 is 0 Å². The fraction of sp³-hybridized carbons (Fsp3) is 0.250. The summed E-state index contributed by atoms with van der Waals surface area (Å²) < 4.78 is 6.65. The minimum atomic E-state index is -0.197. The number of nitrogens with zero attached hydrogens (tertiary/aromatic N) is 3. The Morgan fingerprint density at radius 1 is 1.06 bits per heavy atom. The van der Waals surface area contributed by atoms with Crippen LogP contribution in [-0.2, 0) is 0 Å². The largest absolute Gasteiger partial charge is 0.439 e. The van der Waals surface area contributed by atoms with Gasteiger partial charge in [0.25, 0.3) is 5.91 Å². The van der Waals surface area contributed by atoms with Gasteiger partial charge in [-0.3, -0.25) is 4.79 Å². The van der Waals surface area contributed by atoms with E-state index in [2.05, 4.69) is 55.2 Å². The van der Waals surface area contributed by atoms with E-state index in [4.69, 9.17) is 4.74 Å².